The molecule has 0 atom stereocenters. The van der Waals surface area contributed by atoms with Crippen molar-refractivity contribution in [2.75, 3.05) is 0 Å². The molecule has 0 amide bonds. The predicted octanol–water partition coefficient (Wildman–Crippen LogP) is 1.77. The van der Waals surface area contributed by atoms with Crippen LogP contribution in [0.3, 0.4) is 0 Å². The number of nitrogens with zero attached hydrogens (tertiary/aromatic N) is 3. The molecule has 2 aromatic heterocycles. The Hall–Kier alpha value is -2.23. The maximum absolute atomic E-state index is 12.2. The van der Waals surface area contributed by atoms with E-state index in [2.05, 4.69) is 19.1 Å². The van der Waals surface area contributed by atoms with Crippen molar-refractivity contribution < 1.29 is 25.8 Å². The highest BCUT2D eigenvalue weighted by Crippen LogP contribution is 2.26. The van der Waals surface area contributed by atoms with Crippen LogP contribution in [0.1, 0.15) is 0 Å². The van der Waals surface area contributed by atoms with Crippen molar-refractivity contribution in [2.45, 2.75) is 5.51 Å². The molecule has 0 spiro atoms. The van der Waals surface area contributed by atoms with Gasteiger partial charge in [-0.15, -0.1) is 0 Å². The van der Waals surface area contributed by atoms with Crippen LogP contribution in [-0.2, 0) is 10.1 Å². The molecule has 0 fully saturated rings. The summed E-state index contributed by atoms with van der Waals surface area (Å²) in [5, 5.41) is 0. The Morgan fingerprint density at radius 1 is 1.15 bits per heavy atom. The minimum absolute atomic E-state index is 0.00651. The summed E-state index contributed by atoms with van der Waals surface area (Å²) in [7, 11) is -5.76. The highest BCUT2D eigenvalue weighted by atomic mass is 32.2. The summed E-state index contributed by atoms with van der Waals surface area (Å²) in [5.41, 5.74) is -5.12. The summed E-state index contributed by atoms with van der Waals surface area (Å²) in [4.78, 5) is 11.2. The van der Waals surface area contributed by atoms with Crippen molar-refractivity contribution in [3.63, 3.8) is 0 Å². The number of rotatable bonds is 3. The lowest BCUT2D eigenvalue weighted by molar-refractivity contribution is -0.0501. The van der Waals surface area contributed by atoms with E-state index in [9.17, 15) is 21.6 Å². The van der Waals surface area contributed by atoms with Gasteiger partial charge in [-0.1, -0.05) is 0 Å². The van der Waals surface area contributed by atoms with Gasteiger partial charge in [0, 0.05) is 30.2 Å². The molecule has 0 aliphatic rings. The van der Waals surface area contributed by atoms with Gasteiger partial charge in [0.2, 0.25) is 5.88 Å². The lowest BCUT2D eigenvalue weighted by Crippen LogP contribution is -2.28. The molecule has 20 heavy (non-hydrogen) atoms. The zero-order valence-electron chi connectivity index (χ0n) is 9.57. The van der Waals surface area contributed by atoms with Gasteiger partial charge in [0.15, 0.2) is 5.82 Å². The first-order valence-electron chi connectivity index (χ1n) is 5.04. The largest absolute Gasteiger partial charge is 0.534 e. The van der Waals surface area contributed by atoms with E-state index in [1.165, 1.54) is 12.4 Å². The van der Waals surface area contributed by atoms with Crippen LogP contribution in [0.5, 0.6) is 5.88 Å². The van der Waals surface area contributed by atoms with Gasteiger partial charge in [-0.25, -0.2) is 4.98 Å². The number of halogens is 3. The minimum Gasteiger partial charge on any atom is -0.355 e. The van der Waals surface area contributed by atoms with E-state index < -0.39 is 21.5 Å². The molecule has 0 saturated heterocycles. The van der Waals surface area contributed by atoms with Crippen LogP contribution in [0, 0.1) is 0 Å². The average molecular weight is 305 g/mol. The van der Waals surface area contributed by atoms with Gasteiger partial charge >= 0.3 is 15.6 Å². The highest BCUT2D eigenvalue weighted by Gasteiger charge is 2.48. The van der Waals surface area contributed by atoms with Crippen LogP contribution in [-0.4, -0.2) is 28.9 Å². The number of hydrogen-bond donors (Lipinski definition) is 0. The van der Waals surface area contributed by atoms with E-state index in [1.54, 1.807) is 12.1 Å². The fraction of sp³-hybridized carbons (Fsp3) is 0.100. The number of hydrogen-bond acceptors (Lipinski definition) is 6. The molecule has 0 aliphatic heterocycles. The summed E-state index contributed by atoms with van der Waals surface area (Å²) >= 11 is 0. The maximum Gasteiger partial charge on any atom is 0.534 e. The van der Waals surface area contributed by atoms with E-state index >= 15 is 0 Å². The van der Waals surface area contributed by atoms with Gasteiger partial charge < -0.3 is 4.18 Å². The monoisotopic (exact) mass is 305 g/mol. The second-order valence-corrected chi connectivity index (χ2v) is 4.98. The number of aromatic nitrogens is 3. The van der Waals surface area contributed by atoms with Crippen LogP contribution in [0.25, 0.3) is 11.4 Å². The van der Waals surface area contributed by atoms with Gasteiger partial charge in [0.05, 0.1) is 0 Å². The minimum atomic E-state index is -5.76. The number of alkyl halides is 3. The summed E-state index contributed by atoms with van der Waals surface area (Å²) in [6.45, 7) is 0. The van der Waals surface area contributed by atoms with E-state index in [0.29, 0.717) is 5.56 Å². The smallest absolute Gasteiger partial charge is 0.355 e. The van der Waals surface area contributed by atoms with Gasteiger partial charge in [-0.3, -0.25) is 4.98 Å². The van der Waals surface area contributed by atoms with E-state index in [4.69, 9.17) is 0 Å². The van der Waals surface area contributed by atoms with Crippen LogP contribution in [0.2, 0.25) is 0 Å². The van der Waals surface area contributed by atoms with E-state index in [-0.39, 0.29) is 5.82 Å². The van der Waals surface area contributed by atoms with Crippen molar-refractivity contribution >= 4 is 10.1 Å². The standard InChI is InChI=1S/C10H6F3N3O3S/c11-10(12,13)20(17,18)19-8-3-5-15-9(16-8)7-2-1-4-14-6-7/h1-6H. The topological polar surface area (TPSA) is 82.0 Å². The van der Waals surface area contributed by atoms with Crippen LogP contribution < -0.4 is 4.18 Å². The summed E-state index contributed by atoms with van der Waals surface area (Å²) in [6.07, 6.45) is 3.94. The highest BCUT2D eigenvalue weighted by molar-refractivity contribution is 7.87. The Kier molecular flexibility index (Phi) is 3.57. The quantitative estimate of drug-likeness (QED) is 0.635. The first-order chi connectivity index (χ1) is 9.29. The van der Waals surface area contributed by atoms with Gasteiger partial charge in [0.1, 0.15) is 0 Å². The van der Waals surface area contributed by atoms with Crippen LogP contribution >= 0.6 is 0 Å². The van der Waals surface area contributed by atoms with Crippen LogP contribution in [0.15, 0.2) is 36.8 Å². The molecule has 0 radical (unpaired) electrons. The molecule has 2 aromatic rings. The first-order valence-corrected chi connectivity index (χ1v) is 6.44. The fourth-order valence-electron chi connectivity index (χ4n) is 1.18. The van der Waals surface area contributed by atoms with Gasteiger partial charge in [-0.2, -0.15) is 26.6 Å². The molecule has 106 valence electrons. The first kappa shape index (κ1) is 14.2. The van der Waals surface area contributed by atoms with Crippen molar-refractivity contribution in [2.24, 2.45) is 0 Å². The summed E-state index contributed by atoms with van der Waals surface area (Å²) in [5.74, 6) is -0.732. The molecular formula is C10H6F3N3O3S. The molecule has 0 N–H and O–H groups in total. The predicted molar refractivity (Wildman–Crippen MR) is 60.9 cm³/mol. The number of pyridine rings is 1. The molecule has 0 saturated carbocycles. The van der Waals surface area contributed by atoms with Gasteiger partial charge in [-0.05, 0) is 12.1 Å². The Bertz CT molecular complexity index is 704. The second kappa shape index (κ2) is 5.04. The van der Waals surface area contributed by atoms with Crippen molar-refractivity contribution in [1.82, 2.24) is 15.0 Å². The zero-order chi connectivity index (χ0) is 14.8. The molecule has 10 heteroatoms. The SMILES string of the molecule is O=S(=O)(Oc1ccnc(-c2cccnc2)n1)C(F)(F)F. The summed E-state index contributed by atoms with van der Waals surface area (Å²) in [6, 6.07) is 4.03. The molecule has 2 rings (SSSR count). The van der Waals surface area contributed by atoms with E-state index in [0.717, 1.165) is 12.3 Å². The Morgan fingerprint density at radius 2 is 1.90 bits per heavy atom. The molecule has 0 aromatic carbocycles. The summed E-state index contributed by atoms with van der Waals surface area (Å²) < 4.78 is 62.1. The zero-order valence-corrected chi connectivity index (χ0v) is 10.4. The van der Waals surface area contributed by atoms with Crippen molar-refractivity contribution in [3.05, 3.63) is 36.8 Å². The molecule has 0 aliphatic carbocycles. The Labute approximate surface area is 111 Å². The average Bonchev–Trinajstić information content (AvgIpc) is 2.38. The van der Waals surface area contributed by atoms with E-state index in [1.807, 2.05) is 0 Å². The molecule has 0 unspecified atom stereocenters. The Morgan fingerprint density at radius 3 is 2.50 bits per heavy atom. The molecule has 2 heterocycles. The van der Waals surface area contributed by atoms with Crippen molar-refractivity contribution in [3.8, 4) is 17.3 Å². The van der Waals surface area contributed by atoms with Crippen molar-refractivity contribution in [1.29, 1.82) is 0 Å². The van der Waals surface area contributed by atoms with Gasteiger partial charge in [0.25, 0.3) is 0 Å². The third-order valence-corrected chi connectivity index (χ3v) is 2.99. The van der Waals surface area contributed by atoms with Crippen LogP contribution in [0.4, 0.5) is 13.2 Å². The maximum atomic E-state index is 12.2. The second-order valence-electron chi connectivity index (χ2n) is 3.44. The molecule has 0 bridgehead atoms. The molecular weight excluding hydrogens is 299 g/mol. The molecule has 6 nitrogen and oxygen atoms in total. The third-order valence-electron chi connectivity index (χ3n) is 2.03. The third kappa shape index (κ3) is 3.02. The normalized spacial score (nSPS) is 12.2. The lowest BCUT2D eigenvalue weighted by atomic mass is 10.3. The fourth-order valence-corrected chi connectivity index (χ4v) is 1.59. The lowest BCUT2D eigenvalue weighted by Gasteiger charge is -2.08. The Balaban J connectivity index is 2.33.